The maximum absolute atomic E-state index is 12.1. The van der Waals surface area contributed by atoms with E-state index in [9.17, 15) is 17.4 Å². The molecule has 0 spiro atoms. The van der Waals surface area contributed by atoms with Gasteiger partial charge in [-0.25, -0.2) is 17.9 Å². The summed E-state index contributed by atoms with van der Waals surface area (Å²) in [5, 5.41) is 0.523. The van der Waals surface area contributed by atoms with E-state index in [2.05, 4.69) is 4.72 Å². The van der Waals surface area contributed by atoms with Crippen LogP contribution in [0.2, 0.25) is 0 Å². The fraction of sp³-hybridized carbons (Fsp3) is 0.308. The highest BCUT2D eigenvalue weighted by Gasteiger charge is 2.14. The molecule has 114 valence electrons. The third kappa shape index (κ3) is 3.99. The van der Waals surface area contributed by atoms with Crippen LogP contribution >= 0.6 is 0 Å². The molecule has 1 aromatic heterocycles. The van der Waals surface area contributed by atoms with E-state index in [4.69, 9.17) is 4.42 Å². The van der Waals surface area contributed by atoms with Gasteiger partial charge in [0, 0.05) is 40.3 Å². The van der Waals surface area contributed by atoms with Crippen LogP contribution in [0.5, 0.6) is 0 Å². The first-order chi connectivity index (χ1) is 9.92. The molecule has 0 unspecified atom stereocenters. The third-order valence-electron chi connectivity index (χ3n) is 2.84. The molecule has 1 N–H and O–H groups in total. The second-order valence-corrected chi connectivity index (χ2v) is 7.92. The van der Waals surface area contributed by atoms with E-state index in [-0.39, 0.29) is 17.2 Å². The Morgan fingerprint density at radius 2 is 2.00 bits per heavy atom. The summed E-state index contributed by atoms with van der Waals surface area (Å²) in [4.78, 5) is 11.1. The van der Waals surface area contributed by atoms with Crippen LogP contribution in [0.15, 0.2) is 44.4 Å². The molecule has 0 aliphatic heterocycles. The second-order valence-electron chi connectivity index (χ2n) is 4.28. The van der Waals surface area contributed by atoms with Crippen molar-refractivity contribution in [1.29, 1.82) is 0 Å². The SMILES string of the molecule is CC[S@@](=O)CCNS(=O)(=O)c1ccc2oc(=O)ccc2c1. The second kappa shape index (κ2) is 6.50. The lowest BCUT2D eigenvalue weighted by molar-refractivity contribution is 0.560. The van der Waals surface area contributed by atoms with E-state index in [1.807, 2.05) is 0 Å². The van der Waals surface area contributed by atoms with E-state index in [1.165, 1.54) is 30.3 Å². The number of benzene rings is 1. The Kier molecular flexibility index (Phi) is 4.92. The zero-order valence-electron chi connectivity index (χ0n) is 11.4. The predicted octanol–water partition coefficient (Wildman–Crippen LogP) is 0.840. The van der Waals surface area contributed by atoms with Gasteiger partial charge in [0.1, 0.15) is 5.58 Å². The first-order valence-electron chi connectivity index (χ1n) is 6.31. The van der Waals surface area contributed by atoms with Crippen LogP contribution in [0.4, 0.5) is 0 Å². The van der Waals surface area contributed by atoms with Crippen molar-refractivity contribution in [3.8, 4) is 0 Å². The van der Waals surface area contributed by atoms with Gasteiger partial charge < -0.3 is 4.42 Å². The van der Waals surface area contributed by atoms with Gasteiger partial charge in [-0.15, -0.1) is 0 Å². The number of fused-ring (bicyclic) bond motifs is 1. The molecule has 0 saturated carbocycles. The quantitative estimate of drug-likeness (QED) is 0.793. The molecule has 1 heterocycles. The average molecular weight is 329 g/mol. The smallest absolute Gasteiger partial charge is 0.336 e. The molecule has 0 aliphatic rings. The Hall–Kier alpha value is -1.51. The summed E-state index contributed by atoms with van der Waals surface area (Å²) in [5.41, 5.74) is -0.160. The summed E-state index contributed by atoms with van der Waals surface area (Å²) in [6, 6.07) is 6.97. The minimum atomic E-state index is -3.67. The summed E-state index contributed by atoms with van der Waals surface area (Å²) in [6.45, 7) is 1.90. The Bertz CT molecular complexity index is 826. The van der Waals surface area contributed by atoms with Gasteiger partial charge >= 0.3 is 5.63 Å². The molecular formula is C13H15NO5S2. The van der Waals surface area contributed by atoms with Crippen LogP contribution in [0, 0.1) is 0 Å². The van der Waals surface area contributed by atoms with E-state index < -0.39 is 26.4 Å². The molecule has 0 aliphatic carbocycles. The molecule has 0 saturated heterocycles. The summed E-state index contributed by atoms with van der Waals surface area (Å²) in [5.74, 6) is 0.773. The lowest BCUT2D eigenvalue weighted by Crippen LogP contribution is -2.28. The zero-order valence-corrected chi connectivity index (χ0v) is 13.0. The van der Waals surface area contributed by atoms with E-state index in [0.717, 1.165) is 0 Å². The van der Waals surface area contributed by atoms with Crippen molar-refractivity contribution in [3.05, 3.63) is 40.8 Å². The number of hydrogen-bond acceptors (Lipinski definition) is 5. The lowest BCUT2D eigenvalue weighted by atomic mass is 10.2. The molecule has 8 heteroatoms. The molecule has 21 heavy (non-hydrogen) atoms. The van der Waals surface area contributed by atoms with Gasteiger partial charge in [-0.2, -0.15) is 0 Å². The molecule has 2 rings (SSSR count). The van der Waals surface area contributed by atoms with Crippen molar-refractivity contribution in [1.82, 2.24) is 4.72 Å². The minimum Gasteiger partial charge on any atom is -0.423 e. The number of sulfonamides is 1. The van der Waals surface area contributed by atoms with Gasteiger partial charge in [-0.3, -0.25) is 4.21 Å². The van der Waals surface area contributed by atoms with Gasteiger partial charge in [0.2, 0.25) is 10.0 Å². The predicted molar refractivity (Wildman–Crippen MR) is 81.2 cm³/mol. The van der Waals surface area contributed by atoms with Crippen molar-refractivity contribution in [3.63, 3.8) is 0 Å². The summed E-state index contributed by atoms with van der Waals surface area (Å²) in [6.07, 6.45) is 0. The van der Waals surface area contributed by atoms with Crippen LogP contribution in [0.3, 0.4) is 0 Å². The highest BCUT2D eigenvalue weighted by atomic mass is 32.2. The molecule has 1 aromatic carbocycles. The fourth-order valence-electron chi connectivity index (χ4n) is 1.73. The van der Waals surface area contributed by atoms with Crippen LogP contribution in [-0.4, -0.2) is 30.7 Å². The van der Waals surface area contributed by atoms with Crippen molar-refractivity contribution in [2.24, 2.45) is 0 Å². The molecule has 2 aromatic rings. The molecule has 0 fully saturated rings. The minimum absolute atomic E-state index is 0.0751. The van der Waals surface area contributed by atoms with Crippen LogP contribution in [0.25, 0.3) is 11.0 Å². The third-order valence-corrected chi connectivity index (χ3v) is 5.61. The topological polar surface area (TPSA) is 93.4 Å². The Morgan fingerprint density at radius 1 is 1.24 bits per heavy atom. The maximum atomic E-state index is 12.1. The number of hydrogen-bond donors (Lipinski definition) is 1. The van der Waals surface area contributed by atoms with Gasteiger partial charge in [-0.05, 0) is 24.3 Å². The summed E-state index contributed by atoms with van der Waals surface area (Å²) >= 11 is 0. The lowest BCUT2D eigenvalue weighted by Gasteiger charge is -2.07. The highest BCUT2D eigenvalue weighted by molar-refractivity contribution is 7.89. The van der Waals surface area contributed by atoms with Crippen LogP contribution < -0.4 is 10.3 Å². The number of nitrogens with one attached hydrogen (secondary N) is 1. The first-order valence-corrected chi connectivity index (χ1v) is 9.28. The van der Waals surface area contributed by atoms with Gasteiger partial charge in [0.05, 0.1) is 4.90 Å². The van der Waals surface area contributed by atoms with Crippen molar-refractivity contribution < 1.29 is 17.0 Å². The van der Waals surface area contributed by atoms with Gasteiger partial charge in [0.15, 0.2) is 0 Å². The Labute approximate surface area is 124 Å². The molecule has 0 radical (unpaired) electrons. The monoisotopic (exact) mass is 329 g/mol. The molecular weight excluding hydrogens is 314 g/mol. The first kappa shape index (κ1) is 15.9. The Morgan fingerprint density at radius 3 is 2.71 bits per heavy atom. The summed E-state index contributed by atoms with van der Waals surface area (Å²) in [7, 11) is -4.69. The van der Waals surface area contributed by atoms with Crippen LogP contribution in [0.1, 0.15) is 6.92 Å². The fourth-order valence-corrected chi connectivity index (χ4v) is 3.55. The molecule has 0 amide bonds. The van der Waals surface area contributed by atoms with Crippen molar-refractivity contribution >= 4 is 31.8 Å². The molecule has 6 nitrogen and oxygen atoms in total. The zero-order chi connectivity index (χ0) is 15.5. The van der Waals surface area contributed by atoms with Gasteiger partial charge in [-0.1, -0.05) is 6.92 Å². The van der Waals surface area contributed by atoms with Gasteiger partial charge in [0.25, 0.3) is 0 Å². The maximum Gasteiger partial charge on any atom is 0.336 e. The normalized spacial score (nSPS) is 13.4. The van der Waals surface area contributed by atoms with Crippen molar-refractivity contribution in [2.75, 3.05) is 18.1 Å². The highest BCUT2D eigenvalue weighted by Crippen LogP contribution is 2.17. The largest absolute Gasteiger partial charge is 0.423 e. The molecule has 0 bridgehead atoms. The van der Waals surface area contributed by atoms with E-state index in [1.54, 1.807) is 6.92 Å². The molecule has 1 atom stereocenters. The van der Waals surface area contributed by atoms with Crippen molar-refractivity contribution in [2.45, 2.75) is 11.8 Å². The van der Waals surface area contributed by atoms with E-state index >= 15 is 0 Å². The standard InChI is InChI=1S/C13H15NO5S2/c1-2-20(16)8-7-14-21(17,18)11-4-5-12-10(9-11)3-6-13(15)19-12/h3-6,9,14H,2,7-8H2,1H3/t20-/m1/s1. The Balaban J connectivity index is 2.22. The average Bonchev–Trinajstić information content (AvgIpc) is 2.46. The van der Waals surface area contributed by atoms with Crippen LogP contribution in [-0.2, 0) is 20.8 Å². The number of rotatable bonds is 6. The summed E-state index contributed by atoms with van der Waals surface area (Å²) < 4.78 is 42.8. The van der Waals surface area contributed by atoms with E-state index in [0.29, 0.717) is 16.7 Å².